The molecule has 3 aliphatic heterocycles. The number of carbonyl (C=O) groups excluding carboxylic acids is 3. The van der Waals surface area contributed by atoms with Crippen LogP contribution in [-0.4, -0.2) is 91.5 Å². The Hall–Kier alpha value is -2.85. The molecule has 0 aromatic heterocycles. The maximum absolute atomic E-state index is 13.3. The fourth-order valence-corrected chi connectivity index (χ4v) is 4.64. The third-order valence-corrected chi connectivity index (χ3v) is 6.50. The molecule has 1 aromatic rings. The Morgan fingerprint density at radius 3 is 2.38 bits per heavy atom. The molecular weight excluding hydrogens is 416 g/mol. The lowest BCUT2D eigenvalue weighted by atomic mass is 9.83. The zero-order valence-corrected chi connectivity index (χ0v) is 18.0. The highest BCUT2D eigenvalue weighted by atomic mass is 16.6. The van der Waals surface area contributed by atoms with Gasteiger partial charge in [0.2, 0.25) is 11.8 Å². The first-order valence-corrected chi connectivity index (χ1v) is 11.1. The van der Waals surface area contributed by atoms with Gasteiger partial charge >= 0.3 is 6.09 Å². The van der Waals surface area contributed by atoms with Crippen molar-refractivity contribution in [3.8, 4) is 0 Å². The van der Waals surface area contributed by atoms with Crippen molar-refractivity contribution in [1.82, 2.24) is 15.3 Å². The van der Waals surface area contributed by atoms with Crippen LogP contribution in [0.25, 0.3) is 0 Å². The number of hydrogen-bond acceptors (Lipinski definition) is 7. The zero-order valence-electron chi connectivity index (χ0n) is 18.0. The van der Waals surface area contributed by atoms with Crippen molar-refractivity contribution in [2.75, 3.05) is 57.4 Å². The standard InChI is InChI=1S/C22H30N4O6/c27-20(23-30)19-14-26(22(29)32-17-7-13-31-15-17)8-6-18(19)21(28)25-11-9-24(10-12-25)16-4-2-1-3-5-16/h1-5,17-19,30H,6-15H2,(H,23,27)/t17-,18-,19-/m0/s1. The third-order valence-electron chi connectivity index (χ3n) is 6.50. The number of likely N-dealkylation sites (tertiary alicyclic amines) is 1. The summed E-state index contributed by atoms with van der Waals surface area (Å²) in [4.78, 5) is 43.6. The first-order valence-electron chi connectivity index (χ1n) is 11.1. The van der Waals surface area contributed by atoms with Gasteiger partial charge in [-0.1, -0.05) is 18.2 Å². The Balaban J connectivity index is 1.36. The second-order valence-electron chi connectivity index (χ2n) is 8.44. The number of carbonyl (C=O) groups is 3. The summed E-state index contributed by atoms with van der Waals surface area (Å²) in [7, 11) is 0. The number of amides is 3. The lowest BCUT2D eigenvalue weighted by Crippen LogP contribution is -2.56. The molecule has 10 nitrogen and oxygen atoms in total. The van der Waals surface area contributed by atoms with E-state index >= 15 is 0 Å². The van der Waals surface area contributed by atoms with Crippen LogP contribution in [-0.2, 0) is 19.1 Å². The van der Waals surface area contributed by atoms with Crippen LogP contribution in [0.2, 0.25) is 0 Å². The Labute approximate surface area is 187 Å². The molecule has 3 heterocycles. The Morgan fingerprint density at radius 1 is 0.969 bits per heavy atom. The van der Waals surface area contributed by atoms with Gasteiger partial charge in [-0.25, -0.2) is 10.3 Å². The molecule has 3 aliphatic rings. The van der Waals surface area contributed by atoms with Crippen molar-refractivity contribution in [3.63, 3.8) is 0 Å². The summed E-state index contributed by atoms with van der Waals surface area (Å²) >= 11 is 0. The molecule has 0 bridgehead atoms. The van der Waals surface area contributed by atoms with Gasteiger partial charge in [0, 0.05) is 51.4 Å². The molecule has 3 saturated heterocycles. The number of hydroxylamine groups is 1. The molecule has 174 valence electrons. The van der Waals surface area contributed by atoms with Crippen LogP contribution >= 0.6 is 0 Å². The maximum Gasteiger partial charge on any atom is 0.410 e. The first-order chi connectivity index (χ1) is 15.6. The summed E-state index contributed by atoms with van der Waals surface area (Å²) in [5.74, 6) is -2.19. The molecule has 0 saturated carbocycles. The largest absolute Gasteiger partial charge is 0.444 e. The third kappa shape index (κ3) is 4.97. The van der Waals surface area contributed by atoms with Crippen molar-refractivity contribution in [3.05, 3.63) is 30.3 Å². The molecule has 3 fully saturated rings. The minimum absolute atomic E-state index is 0.0270. The van der Waals surface area contributed by atoms with Crippen LogP contribution in [0.15, 0.2) is 30.3 Å². The fraction of sp³-hybridized carbons (Fsp3) is 0.591. The average molecular weight is 447 g/mol. The number of benzene rings is 1. The van der Waals surface area contributed by atoms with E-state index in [9.17, 15) is 19.6 Å². The van der Waals surface area contributed by atoms with E-state index in [1.807, 2.05) is 30.3 Å². The van der Waals surface area contributed by atoms with Gasteiger partial charge in [-0.15, -0.1) is 0 Å². The minimum atomic E-state index is -0.833. The Kier molecular flexibility index (Phi) is 7.11. The SMILES string of the molecule is O=C(NO)[C@H]1CN(C(=O)O[C@H]2CCOC2)CC[C@@H]1C(=O)N1CCN(c2ccccc2)CC1. The van der Waals surface area contributed by atoms with Crippen molar-refractivity contribution in [1.29, 1.82) is 0 Å². The zero-order chi connectivity index (χ0) is 22.5. The lowest BCUT2D eigenvalue weighted by Gasteiger charge is -2.41. The van der Waals surface area contributed by atoms with E-state index in [0.29, 0.717) is 58.8 Å². The van der Waals surface area contributed by atoms with Crippen LogP contribution in [0.3, 0.4) is 0 Å². The number of ether oxygens (including phenoxy) is 2. The normalized spacial score (nSPS) is 26.0. The molecule has 32 heavy (non-hydrogen) atoms. The van der Waals surface area contributed by atoms with Gasteiger partial charge in [0.05, 0.1) is 25.0 Å². The van der Waals surface area contributed by atoms with Gasteiger partial charge in [0.25, 0.3) is 0 Å². The van der Waals surface area contributed by atoms with Crippen molar-refractivity contribution in [2.24, 2.45) is 11.8 Å². The molecule has 1 aromatic carbocycles. The summed E-state index contributed by atoms with van der Waals surface area (Å²) in [6.07, 6.45) is 0.189. The van der Waals surface area contributed by atoms with Gasteiger partial charge in [0.1, 0.15) is 6.10 Å². The maximum atomic E-state index is 13.3. The number of para-hydroxylation sites is 1. The monoisotopic (exact) mass is 446 g/mol. The van der Waals surface area contributed by atoms with E-state index in [2.05, 4.69) is 4.90 Å². The molecule has 2 N–H and O–H groups in total. The van der Waals surface area contributed by atoms with Crippen LogP contribution in [0, 0.1) is 11.8 Å². The van der Waals surface area contributed by atoms with E-state index in [-0.39, 0.29) is 18.6 Å². The highest BCUT2D eigenvalue weighted by Crippen LogP contribution is 2.28. The summed E-state index contributed by atoms with van der Waals surface area (Å²) in [6, 6.07) is 10.0. The van der Waals surface area contributed by atoms with Gasteiger partial charge in [-0.05, 0) is 18.6 Å². The molecule has 0 aliphatic carbocycles. The Morgan fingerprint density at radius 2 is 1.72 bits per heavy atom. The van der Waals surface area contributed by atoms with Crippen LogP contribution in [0.1, 0.15) is 12.8 Å². The number of nitrogens with one attached hydrogen (secondary N) is 1. The molecule has 0 spiro atoms. The van der Waals surface area contributed by atoms with Crippen LogP contribution in [0.4, 0.5) is 10.5 Å². The van der Waals surface area contributed by atoms with E-state index in [4.69, 9.17) is 9.47 Å². The molecule has 0 radical (unpaired) electrons. The second-order valence-corrected chi connectivity index (χ2v) is 8.44. The van der Waals surface area contributed by atoms with Crippen molar-refractivity contribution < 1.29 is 29.1 Å². The predicted octanol–water partition coefficient (Wildman–Crippen LogP) is 0.704. The number of piperidine rings is 1. The van der Waals surface area contributed by atoms with Crippen LogP contribution < -0.4 is 10.4 Å². The summed E-state index contributed by atoms with van der Waals surface area (Å²) in [5.41, 5.74) is 2.79. The average Bonchev–Trinajstić information content (AvgIpc) is 3.36. The quantitative estimate of drug-likeness (QED) is 0.517. The van der Waals surface area contributed by atoms with Crippen LogP contribution in [0.5, 0.6) is 0 Å². The second kappa shape index (κ2) is 10.2. The van der Waals surface area contributed by atoms with Gasteiger partial charge in [-0.3, -0.25) is 14.8 Å². The molecule has 3 atom stereocenters. The van der Waals surface area contributed by atoms with E-state index in [0.717, 1.165) is 5.69 Å². The Bertz CT molecular complexity index is 808. The first kappa shape index (κ1) is 22.3. The van der Waals surface area contributed by atoms with Crippen molar-refractivity contribution >= 4 is 23.6 Å². The van der Waals surface area contributed by atoms with E-state index in [1.165, 1.54) is 4.90 Å². The van der Waals surface area contributed by atoms with Crippen molar-refractivity contribution in [2.45, 2.75) is 18.9 Å². The lowest BCUT2D eigenvalue weighted by molar-refractivity contribution is -0.148. The van der Waals surface area contributed by atoms with E-state index in [1.54, 1.807) is 10.4 Å². The van der Waals surface area contributed by atoms with E-state index < -0.39 is 23.8 Å². The highest BCUT2D eigenvalue weighted by Gasteiger charge is 2.42. The van der Waals surface area contributed by atoms with Gasteiger partial charge in [-0.2, -0.15) is 0 Å². The number of nitrogens with zero attached hydrogens (tertiary/aromatic N) is 3. The molecule has 0 unspecified atom stereocenters. The summed E-state index contributed by atoms with van der Waals surface area (Å²) < 4.78 is 10.7. The molecule has 4 rings (SSSR count). The number of hydrogen-bond donors (Lipinski definition) is 2. The summed E-state index contributed by atoms with van der Waals surface area (Å²) in [6.45, 7) is 3.82. The van der Waals surface area contributed by atoms with Gasteiger partial charge in [0.15, 0.2) is 0 Å². The minimum Gasteiger partial charge on any atom is -0.444 e. The summed E-state index contributed by atoms with van der Waals surface area (Å²) in [5, 5.41) is 9.23. The topological polar surface area (TPSA) is 112 Å². The molecule has 10 heteroatoms. The predicted molar refractivity (Wildman–Crippen MR) is 114 cm³/mol. The smallest absolute Gasteiger partial charge is 0.410 e. The number of anilines is 1. The highest BCUT2D eigenvalue weighted by molar-refractivity contribution is 5.88. The number of piperazine rings is 1. The molecular formula is C22H30N4O6. The fourth-order valence-electron chi connectivity index (χ4n) is 4.64. The molecule has 3 amide bonds. The number of rotatable bonds is 4. The van der Waals surface area contributed by atoms with Gasteiger partial charge < -0.3 is 24.2 Å².